The fraction of sp³-hybridized carbons (Fsp3) is 0.500. The maximum absolute atomic E-state index is 12.1. The minimum Gasteiger partial charge on any atom is -0.493 e. The highest BCUT2D eigenvalue weighted by molar-refractivity contribution is 6.46. The topological polar surface area (TPSA) is 76.7 Å². The minimum atomic E-state index is -0.203. The Balaban J connectivity index is 2.14. The number of ether oxygens (including phenoxy) is 1. The molecule has 1 aromatic carbocycles. The Morgan fingerprint density at radius 1 is 1.48 bits per heavy atom. The van der Waals surface area contributed by atoms with Gasteiger partial charge in [-0.1, -0.05) is 6.92 Å². The van der Waals surface area contributed by atoms with Gasteiger partial charge in [0.2, 0.25) is 0 Å². The monoisotopic (exact) mass is 289 g/mol. The summed E-state index contributed by atoms with van der Waals surface area (Å²) in [5, 5.41) is 2.82. The molecule has 0 spiro atoms. The molecule has 1 aliphatic rings. The van der Waals surface area contributed by atoms with Gasteiger partial charge in [-0.25, -0.2) is 0 Å². The highest BCUT2D eigenvalue weighted by Crippen LogP contribution is 2.30. The lowest BCUT2D eigenvalue weighted by atomic mass is 10.1. The zero-order chi connectivity index (χ0) is 15.2. The Morgan fingerprint density at radius 2 is 2.24 bits per heavy atom. The van der Waals surface area contributed by atoms with E-state index in [1.165, 1.54) is 12.8 Å². The molecule has 0 aromatic heterocycles. The molecule has 1 aliphatic carbocycles. The number of hydrogen-bond acceptors (Lipinski definition) is 4. The summed E-state index contributed by atoms with van der Waals surface area (Å²) >= 11 is 0. The number of nitrogen functional groups attached to an aromatic ring is 1. The average molecular weight is 289 g/mol. The zero-order valence-electron chi connectivity index (χ0n) is 12.7. The fourth-order valence-corrected chi connectivity index (χ4v) is 2.00. The number of carbonyl (C=O) groups excluding carboxylic acids is 1. The molecule has 5 nitrogen and oxygen atoms in total. The molecule has 3 N–H and O–H groups in total. The van der Waals surface area contributed by atoms with Crippen molar-refractivity contribution >= 4 is 17.3 Å². The van der Waals surface area contributed by atoms with Gasteiger partial charge in [-0.3, -0.25) is 9.79 Å². The lowest BCUT2D eigenvalue weighted by Gasteiger charge is -2.12. The number of anilines is 1. The van der Waals surface area contributed by atoms with Crippen LogP contribution in [0.4, 0.5) is 5.69 Å². The van der Waals surface area contributed by atoms with E-state index >= 15 is 0 Å². The summed E-state index contributed by atoms with van der Waals surface area (Å²) in [4.78, 5) is 16.2. The Kier molecular flexibility index (Phi) is 5.20. The molecule has 2 rings (SSSR count). The fourth-order valence-electron chi connectivity index (χ4n) is 2.00. The molecule has 114 valence electrons. The number of aliphatic imine (C=N–C) groups is 1. The smallest absolute Gasteiger partial charge is 0.270 e. The van der Waals surface area contributed by atoms with Crippen molar-refractivity contribution in [3.8, 4) is 5.75 Å². The van der Waals surface area contributed by atoms with Crippen LogP contribution in [0.3, 0.4) is 0 Å². The zero-order valence-corrected chi connectivity index (χ0v) is 12.7. The van der Waals surface area contributed by atoms with Crippen LogP contribution >= 0.6 is 0 Å². The van der Waals surface area contributed by atoms with Gasteiger partial charge in [-0.05, 0) is 43.4 Å². The van der Waals surface area contributed by atoms with Crippen LogP contribution in [0.15, 0.2) is 23.2 Å². The van der Waals surface area contributed by atoms with E-state index in [1.807, 2.05) is 13.0 Å². The average Bonchev–Trinajstić information content (AvgIpc) is 3.30. The number of rotatable bonds is 7. The molecule has 1 saturated carbocycles. The van der Waals surface area contributed by atoms with E-state index in [0.717, 1.165) is 18.8 Å². The maximum Gasteiger partial charge on any atom is 0.270 e. The lowest BCUT2D eigenvalue weighted by Crippen LogP contribution is -2.32. The van der Waals surface area contributed by atoms with Gasteiger partial charge in [-0.2, -0.15) is 0 Å². The second kappa shape index (κ2) is 7.11. The molecule has 21 heavy (non-hydrogen) atoms. The summed E-state index contributed by atoms with van der Waals surface area (Å²) < 4.78 is 5.74. The second-order valence-electron chi connectivity index (χ2n) is 5.33. The van der Waals surface area contributed by atoms with Gasteiger partial charge < -0.3 is 15.8 Å². The van der Waals surface area contributed by atoms with Gasteiger partial charge >= 0.3 is 0 Å². The van der Waals surface area contributed by atoms with Gasteiger partial charge in [-0.15, -0.1) is 0 Å². The first-order valence-electron chi connectivity index (χ1n) is 7.43. The number of hydrogen-bond donors (Lipinski definition) is 2. The van der Waals surface area contributed by atoms with E-state index in [9.17, 15) is 4.79 Å². The van der Waals surface area contributed by atoms with E-state index in [0.29, 0.717) is 29.4 Å². The number of amides is 1. The van der Waals surface area contributed by atoms with Gasteiger partial charge in [0.1, 0.15) is 11.5 Å². The lowest BCUT2D eigenvalue weighted by molar-refractivity contribution is -0.114. The largest absolute Gasteiger partial charge is 0.493 e. The molecule has 0 bridgehead atoms. The molecule has 5 heteroatoms. The summed E-state index contributed by atoms with van der Waals surface area (Å²) in [5.74, 6) is 1.21. The van der Waals surface area contributed by atoms with Crippen molar-refractivity contribution in [2.75, 3.05) is 25.9 Å². The quantitative estimate of drug-likeness (QED) is 0.595. The summed E-state index contributed by atoms with van der Waals surface area (Å²) in [5.41, 5.74) is 7.48. The first kappa shape index (κ1) is 15.4. The van der Waals surface area contributed by atoms with E-state index < -0.39 is 0 Å². The van der Waals surface area contributed by atoms with Crippen molar-refractivity contribution in [3.05, 3.63) is 23.8 Å². The van der Waals surface area contributed by atoms with Crippen LogP contribution in [-0.4, -0.2) is 31.8 Å². The predicted molar refractivity (Wildman–Crippen MR) is 84.8 cm³/mol. The molecule has 0 saturated heterocycles. The van der Waals surface area contributed by atoms with Crippen molar-refractivity contribution < 1.29 is 9.53 Å². The molecule has 0 aliphatic heterocycles. The van der Waals surface area contributed by atoms with E-state index in [-0.39, 0.29) is 5.91 Å². The Morgan fingerprint density at radius 3 is 2.86 bits per heavy atom. The van der Waals surface area contributed by atoms with Crippen LogP contribution in [0, 0.1) is 5.92 Å². The normalized spacial score (nSPS) is 14.9. The first-order valence-corrected chi connectivity index (χ1v) is 7.43. The summed E-state index contributed by atoms with van der Waals surface area (Å²) in [7, 11) is 1.60. The molecule has 1 fully saturated rings. The third-order valence-corrected chi connectivity index (χ3v) is 3.44. The SMILES string of the molecule is CCCNC(=O)C(=NC)c1cc(OCC2CC2)ccc1N. The van der Waals surface area contributed by atoms with Crippen molar-refractivity contribution in [2.45, 2.75) is 26.2 Å². The summed E-state index contributed by atoms with van der Waals surface area (Å²) in [6.07, 6.45) is 3.36. The van der Waals surface area contributed by atoms with Crippen LogP contribution in [0.1, 0.15) is 31.7 Å². The second-order valence-corrected chi connectivity index (χ2v) is 5.33. The van der Waals surface area contributed by atoms with Crippen LogP contribution in [0.2, 0.25) is 0 Å². The van der Waals surface area contributed by atoms with E-state index in [4.69, 9.17) is 10.5 Å². The van der Waals surface area contributed by atoms with Gasteiger partial charge in [0.05, 0.1) is 6.61 Å². The summed E-state index contributed by atoms with van der Waals surface area (Å²) in [6.45, 7) is 3.35. The Labute approximate surface area is 125 Å². The number of nitrogens with zero attached hydrogens (tertiary/aromatic N) is 1. The molecule has 1 amide bonds. The molecule has 1 aromatic rings. The number of carbonyl (C=O) groups is 1. The first-order chi connectivity index (χ1) is 10.2. The van der Waals surface area contributed by atoms with Crippen molar-refractivity contribution in [3.63, 3.8) is 0 Å². The highest BCUT2D eigenvalue weighted by Gasteiger charge is 2.22. The third kappa shape index (κ3) is 4.21. The standard InChI is InChI=1S/C16H23N3O2/c1-3-8-19-16(20)15(18-2)13-9-12(6-7-14(13)17)21-10-11-4-5-11/h6-7,9,11H,3-5,8,10,17H2,1-2H3,(H,19,20). The Bertz CT molecular complexity index is 536. The molecule has 0 atom stereocenters. The van der Waals surface area contributed by atoms with Crippen molar-refractivity contribution in [2.24, 2.45) is 10.9 Å². The third-order valence-electron chi connectivity index (χ3n) is 3.44. The van der Waals surface area contributed by atoms with Crippen molar-refractivity contribution in [1.82, 2.24) is 5.32 Å². The van der Waals surface area contributed by atoms with Gasteiger partial charge in [0, 0.05) is 24.8 Å². The van der Waals surface area contributed by atoms with Crippen LogP contribution in [0.5, 0.6) is 5.75 Å². The number of nitrogens with two attached hydrogens (primary N) is 1. The predicted octanol–water partition coefficient (Wildman–Crippen LogP) is 2.00. The van der Waals surface area contributed by atoms with Crippen molar-refractivity contribution in [1.29, 1.82) is 0 Å². The highest BCUT2D eigenvalue weighted by atomic mass is 16.5. The van der Waals surface area contributed by atoms with Gasteiger partial charge in [0.15, 0.2) is 0 Å². The minimum absolute atomic E-state index is 0.203. The number of nitrogens with one attached hydrogen (secondary N) is 1. The maximum atomic E-state index is 12.1. The molecule has 0 radical (unpaired) electrons. The molecule has 0 heterocycles. The molecular formula is C16H23N3O2. The van der Waals surface area contributed by atoms with Gasteiger partial charge in [0.25, 0.3) is 5.91 Å². The van der Waals surface area contributed by atoms with Crippen LogP contribution in [-0.2, 0) is 4.79 Å². The number of benzene rings is 1. The molecule has 0 unspecified atom stereocenters. The molecular weight excluding hydrogens is 266 g/mol. The van der Waals surface area contributed by atoms with E-state index in [1.54, 1.807) is 19.2 Å². The van der Waals surface area contributed by atoms with Crippen LogP contribution in [0.25, 0.3) is 0 Å². The Hall–Kier alpha value is -2.04. The van der Waals surface area contributed by atoms with E-state index in [2.05, 4.69) is 10.3 Å². The summed E-state index contributed by atoms with van der Waals surface area (Å²) in [6, 6.07) is 5.39. The van der Waals surface area contributed by atoms with Crippen LogP contribution < -0.4 is 15.8 Å².